The lowest BCUT2D eigenvalue weighted by Gasteiger charge is -2.16. The van der Waals surface area contributed by atoms with Gasteiger partial charge in [-0.15, -0.1) is 0 Å². The van der Waals surface area contributed by atoms with Gasteiger partial charge in [-0.2, -0.15) is 0 Å². The Labute approximate surface area is 157 Å². The second kappa shape index (κ2) is 7.57. The molecule has 1 aliphatic heterocycles. The smallest absolute Gasteiger partial charge is 0.259 e. The van der Waals surface area contributed by atoms with E-state index in [-0.39, 0.29) is 11.8 Å². The molecule has 2 amide bonds. The van der Waals surface area contributed by atoms with Crippen LogP contribution in [0.5, 0.6) is 17.2 Å². The lowest BCUT2D eigenvalue weighted by Crippen LogP contribution is -2.25. The zero-order valence-electron chi connectivity index (χ0n) is 15.8. The van der Waals surface area contributed by atoms with Gasteiger partial charge < -0.3 is 24.4 Å². The standard InChI is InChI=1S/C20H22N2O5/c1-12(23)22-8-7-13-9-14(5-6-16(13)22)21-20(24)15-10-18(26-3)19(27-4)11-17(15)25-2/h5-6,9-11H,7-8H2,1-4H3,(H,21,24). The van der Waals surface area contributed by atoms with Crippen molar-refractivity contribution in [2.24, 2.45) is 0 Å². The Morgan fingerprint density at radius 1 is 0.963 bits per heavy atom. The number of nitrogens with zero attached hydrogens (tertiary/aromatic N) is 1. The Morgan fingerprint density at radius 3 is 2.26 bits per heavy atom. The molecule has 3 rings (SSSR count). The molecule has 2 aromatic carbocycles. The van der Waals surface area contributed by atoms with E-state index in [0.717, 1.165) is 17.7 Å². The molecule has 0 bridgehead atoms. The van der Waals surface area contributed by atoms with E-state index in [0.29, 0.717) is 35.0 Å². The first kappa shape index (κ1) is 18.6. The molecule has 0 saturated heterocycles. The Hall–Kier alpha value is -3.22. The summed E-state index contributed by atoms with van der Waals surface area (Å²) in [5.41, 5.74) is 2.91. The molecule has 1 aliphatic rings. The number of methoxy groups -OCH3 is 3. The molecule has 27 heavy (non-hydrogen) atoms. The van der Waals surface area contributed by atoms with Crippen molar-refractivity contribution in [1.29, 1.82) is 0 Å². The van der Waals surface area contributed by atoms with Gasteiger partial charge >= 0.3 is 0 Å². The van der Waals surface area contributed by atoms with Gasteiger partial charge in [0.05, 0.1) is 26.9 Å². The summed E-state index contributed by atoms with van der Waals surface area (Å²) in [6.45, 7) is 2.21. The largest absolute Gasteiger partial charge is 0.496 e. The molecule has 142 valence electrons. The van der Waals surface area contributed by atoms with Gasteiger partial charge in [-0.1, -0.05) is 0 Å². The van der Waals surface area contributed by atoms with E-state index in [9.17, 15) is 9.59 Å². The molecule has 0 unspecified atom stereocenters. The quantitative estimate of drug-likeness (QED) is 0.876. The zero-order chi connectivity index (χ0) is 19.6. The van der Waals surface area contributed by atoms with Crippen LogP contribution in [-0.2, 0) is 11.2 Å². The molecule has 0 fully saturated rings. The number of hydrogen-bond acceptors (Lipinski definition) is 5. The third kappa shape index (κ3) is 3.53. The molecular formula is C20H22N2O5. The lowest BCUT2D eigenvalue weighted by molar-refractivity contribution is -0.116. The van der Waals surface area contributed by atoms with E-state index in [1.165, 1.54) is 21.3 Å². The summed E-state index contributed by atoms with van der Waals surface area (Å²) in [6, 6.07) is 8.72. The van der Waals surface area contributed by atoms with E-state index in [4.69, 9.17) is 14.2 Å². The van der Waals surface area contributed by atoms with Crippen LogP contribution in [-0.4, -0.2) is 39.7 Å². The van der Waals surface area contributed by atoms with Crippen LogP contribution in [0.3, 0.4) is 0 Å². The Kier molecular flexibility index (Phi) is 5.21. The van der Waals surface area contributed by atoms with Crippen LogP contribution in [0.25, 0.3) is 0 Å². The van der Waals surface area contributed by atoms with Gasteiger partial charge in [0, 0.05) is 37.0 Å². The number of amides is 2. The van der Waals surface area contributed by atoms with Crippen LogP contribution in [0.4, 0.5) is 11.4 Å². The van der Waals surface area contributed by atoms with Gasteiger partial charge in [0.2, 0.25) is 5.91 Å². The van der Waals surface area contributed by atoms with Crippen molar-refractivity contribution in [3.05, 3.63) is 41.5 Å². The highest BCUT2D eigenvalue weighted by Crippen LogP contribution is 2.35. The monoisotopic (exact) mass is 370 g/mol. The van der Waals surface area contributed by atoms with Crippen molar-refractivity contribution >= 4 is 23.2 Å². The average molecular weight is 370 g/mol. The molecule has 0 aromatic heterocycles. The van der Waals surface area contributed by atoms with Crippen LogP contribution in [0.15, 0.2) is 30.3 Å². The summed E-state index contributed by atoms with van der Waals surface area (Å²) < 4.78 is 15.8. The van der Waals surface area contributed by atoms with Crippen LogP contribution in [0.1, 0.15) is 22.8 Å². The van der Waals surface area contributed by atoms with Crippen molar-refractivity contribution < 1.29 is 23.8 Å². The molecule has 2 aromatic rings. The summed E-state index contributed by atoms with van der Waals surface area (Å²) >= 11 is 0. The first-order chi connectivity index (χ1) is 13.0. The van der Waals surface area contributed by atoms with E-state index in [1.807, 2.05) is 12.1 Å². The van der Waals surface area contributed by atoms with E-state index < -0.39 is 0 Å². The maximum absolute atomic E-state index is 12.8. The number of carbonyl (C=O) groups is 2. The van der Waals surface area contributed by atoms with Crippen LogP contribution >= 0.6 is 0 Å². The van der Waals surface area contributed by atoms with Gasteiger partial charge in [-0.3, -0.25) is 9.59 Å². The minimum Gasteiger partial charge on any atom is -0.496 e. The average Bonchev–Trinajstić information content (AvgIpc) is 3.10. The maximum atomic E-state index is 12.8. The van der Waals surface area contributed by atoms with Crippen molar-refractivity contribution in [3.63, 3.8) is 0 Å². The highest BCUT2D eigenvalue weighted by Gasteiger charge is 2.23. The van der Waals surface area contributed by atoms with E-state index >= 15 is 0 Å². The van der Waals surface area contributed by atoms with Crippen LogP contribution in [0.2, 0.25) is 0 Å². The molecule has 1 heterocycles. The van der Waals surface area contributed by atoms with Gasteiger partial charge in [0.1, 0.15) is 5.75 Å². The highest BCUT2D eigenvalue weighted by molar-refractivity contribution is 6.07. The minimum absolute atomic E-state index is 0.0144. The number of anilines is 2. The van der Waals surface area contributed by atoms with Crippen molar-refractivity contribution in [2.75, 3.05) is 38.1 Å². The summed E-state index contributed by atoms with van der Waals surface area (Å²) in [4.78, 5) is 26.2. The zero-order valence-corrected chi connectivity index (χ0v) is 15.8. The summed E-state index contributed by atoms with van der Waals surface area (Å²) in [5, 5.41) is 2.88. The van der Waals surface area contributed by atoms with Crippen molar-refractivity contribution in [2.45, 2.75) is 13.3 Å². The lowest BCUT2D eigenvalue weighted by atomic mass is 10.1. The third-order valence-corrected chi connectivity index (χ3v) is 4.56. The predicted octanol–water partition coefficient (Wildman–Crippen LogP) is 2.87. The Balaban J connectivity index is 1.87. The summed E-state index contributed by atoms with van der Waals surface area (Å²) in [6.07, 6.45) is 0.762. The molecule has 0 aliphatic carbocycles. The normalized spacial score (nSPS) is 12.4. The third-order valence-electron chi connectivity index (χ3n) is 4.56. The van der Waals surface area contributed by atoms with Crippen LogP contribution in [0, 0.1) is 0 Å². The molecule has 0 radical (unpaired) electrons. The minimum atomic E-state index is -0.325. The molecular weight excluding hydrogens is 348 g/mol. The molecule has 0 saturated carbocycles. The van der Waals surface area contributed by atoms with E-state index in [1.54, 1.807) is 30.0 Å². The van der Waals surface area contributed by atoms with Crippen molar-refractivity contribution in [3.8, 4) is 17.2 Å². The maximum Gasteiger partial charge on any atom is 0.259 e. The Bertz CT molecular complexity index is 894. The fraction of sp³-hybridized carbons (Fsp3) is 0.300. The molecule has 7 heteroatoms. The first-order valence-electron chi connectivity index (χ1n) is 8.51. The fourth-order valence-corrected chi connectivity index (χ4v) is 3.21. The highest BCUT2D eigenvalue weighted by atomic mass is 16.5. The predicted molar refractivity (Wildman–Crippen MR) is 102 cm³/mol. The van der Waals surface area contributed by atoms with E-state index in [2.05, 4.69) is 5.32 Å². The topological polar surface area (TPSA) is 77.1 Å². The first-order valence-corrected chi connectivity index (χ1v) is 8.51. The van der Waals surface area contributed by atoms with Gasteiger partial charge in [0.15, 0.2) is 11.5 Å². The number of ether oxygens (including phenoxy) is 3. The van der Waals surface area contributed by atoms with Gasteiger partial charge in [-0.05, 0) is 30.2 Å². The second-order valence-electron chi connectivity index (χ2n) is 6.13. The Morgan fingerprint density at radius 2 is 1.63 bits per heavy atom. The van der Waals surface area contributed by atoms with Crippen LogP contribution < -0.4 is 24.4 Å². The molecule has 0 atom stereocenters. The SMILES string of the molecule is COc1cc(OC)c(C(=O)Nc2ccc3c(c2)CCN3C(C)=O)cc1OC. The molecule has 0 spiro atoms. The molecule has 7 nitrogen and oxygen atoms in total. The number of fused-ring (bicyclic) bond motifs is 1. The summed E-state index contributed by atoms with van der Waals surface area (Å²) in [7, 11) is 4.52. The molecule has 1 N–H and O–H groups in total. The van der Waals surface area contributed by atoms with Gasteiger partial charge in [-0.25, -0.2) is 0 Å². The fourth-order valence-electron chi connectivity index (χ4n) is 3.21. The number of nitrogens with one attached hydrogen (secondary N) is 1. The van der Waals surface area contributed by atoms with Crippen molar-refractivity contribution in [1.82, 2.24) is 0 Å². The number of carbonyl (C=O) groups excluding carboxylic acids is 2. The number of benzene rings is 2. The van der Waals surface area contributed by atoms with Gasteiger partial charge in [0.25, 0.3) is 5.91 Å². The number of rotatable bonds is 5. The number of hydrogen-bond donors (Lipinski definition) is 1. The summed E-state index contributed by atoms with van der Waals surface area (Å²) in [5.74, 6) is 0.992. The second-order valence-corrected chi connectivity index (χ2v) is 6.13.